The lowest BCUT2D eigenvalue weighted by Crippen LogP contribution is -2.49. The number of benzene rings is 3. The number of sulfonamides is 1. The number of nitrogens with zero attached hydrogens (tertiary/aromatic N) is 2. The topological polar surface area (TPSA) is 108 Å². The summed E-state index contributed by atoms with van der Waals surface area (Å²) in [5.41, 5.74) is 0.460. The minimum Gasteiger partial charge on any atom is -0.363 e. The Bertz CT molecular complexity index is 1470. The van der Waals surface area contributed by atoms with Gasteiger partial charge in [-0.1, -0.05) is 59.2 Å². The number of rotatable bonds is 12. The molecule has 0 saturated carbocycles. The van der Waals surface area contributed by atoms with Crippen LogP contribution in [0.25, 0.3) is 0 Å². The van der Waals surface area contributed by atoms with E-state index in [-0.39, 0.29) is 45.4 Å². The van der Waals surface area contributed by atoms with Crippen LogP contribution in [-0.2, 0) is 14.8 Å². The van der Waals surface area contributed by atoms with Gasteiger partial charge in [0.2, 0.25) is 5.91 Å². The molecule has 3 aromatic rings. The van der Waals surface area contributed by atoms with E-state index in [9.17, 15) is 18.0 Å². The number of hydrogen-bond acceptors (Lipinski definition) is 6. The minimum absolute atomic E-state index is 0.0895. The van der Waals surface area contributed by atoms with Crippen LogP contribution in [0.2, 0.25) is 10.0 Å². The third-order valence-electron chi connectivity index (χ3n) is 6.90. The van der Waals surface area contributed by atoms with Crippen molar-refractivity contribution in [2.75, 3.05) is 30.6 Å². The number of nitrogens with one attached hydrogen (secondary N) is 2. The summed E-state index contributed by atoms with van der Waals surface area (Å²) in [4.78, 5) is 33.5. The van der Waals surface area contributed by atoms with Gasteiger partial charge in [0, 0.05) is 23.2 Å². The molecule has 9 nitrogen and oxygen atoms in total. The van der Waals surface area contributed by atoms with E-state index in [1.54, 1.807) is 30.3 Å². The Hall–Kier alpha value is -3.31. The van der Waals surface area contributed by atoms with E-state index in [2.05, 4.69) is 17.6 Å². The first-order valence-electron chi connectivity index (χ1n) is 13.8. The predicted molar refractivity (Wildman–Crippen MR) is 164 cm³/mol. The van der Waals surface area contributed by atoms with Gasteiger partial charge in [0.1, 0.15) is 0 Å². The van der Waals surface area contributed by atoms with Crippen LogP contribution >= 0.6 is 23.2 Å². The minimum atomic E-state index is -4.26. The van der Waals surface area contributed by atoms with Crippen LogP contribution in [0, 0.1) is 0 Å². The molecule has 2 N–H and O–H groups in total. The molecule has 2 amide bonds. The maximum Gasteiger partial charge on any atom is 0.295 e. The van der Waals surface area contributed by atoms with Gasteiger partial charge in [-0.2, -0.15) is 8.42 Å². The van der Waals surface area contributed by atoms with Crippen molar-refractivity contribution in [2.24, 2.45) is 0 Å². The average molecular weight is 634 g/mol. The van der Waals surface area contributed by atoms with Crippen LogP contribution in [0.3, 0.4) is 0 Å². The fourth-order valence-electron chi connectivity index (χ4n) is 4.62. The first-order valence-corrected chi connectivity index (χ1v) is 16.0. The van der Waals surface area contributed by atoms with Crippen LogP contribution in [0.1, 0.15) is 43.0 Å². The average Bonchev–Trinajstić information content (AvgIpc) is 3.00. The summed E-state index contributed by atoms with van der Waals surface area (Å²) in [6, 6.07) is 18.3. The molecule has 4 rings (SSSR count). The molecule has 0 atom stereocenters. The second kappa shape index (κ2) is 14.7. The van der Waals surface area contributed by atoms with E-state index in [0.29, 0.717) is 11.6 Å². The standard InChI is InChI=1S/C30H34Cl2N4O5S/c1-2-3-19-35(24-15-17-33-18-16-24)29(37)21-34-30(38)22-9-12-26(13-10-22)42(39,40)36(25-7-5-4-6-8-25)41-28-14-11-23(31)20-27(28)32/h4-14,20,24,33H,2-3,15-19,21H2,1H3,(H,34,38). The molecular formula is C30H34Cl2N4O5S. The molecule has 42 heavy (non-hydrogen) atoms. The second-order valence-corrected chi connectivity index (χ2v) is 12.5. The van der Waals surface area contributed by atoms with Crippen molar-refractivity contribution in [1.29, 1.82) is 0 Å². The number of unbranched alkanes of at least 4 members (excludes halogenated alkanes) is 1. The molecular weight excluding hydrogens is 599 g/mol. The molecule has 1 fully saturated rings. The van der Waals surface area contributed by atoms with Gasteiger partial charge < -0.3 is 20.4 Å². The number of halogens is 2. The Morgan fingerprint density at radius 2 is 1.69 bits per heavy atom. The normalized spacial score (nSPS) is 13.8. The molecule has 0 bridgehead atoms. The summed E-state index contributed by atoms with van der Waals surface area (Å²) in [6.45, 7) is 4.33. The lowest BCUT2D eigenvalue weighted by atomic mass is 10.0. The molecule has 3 aromatic carbocycles. The summed E-state index contributed by atoms with van der Waals surface area (Å²) in [7, 11) is -4.26. The molecule has 1 saturated heterocycles. The van der Waals surface area contributed by atoms with Gasteiger partial charge in [-0.15, -0.1) is 0 Å². The Kier molecular flexibility index (Phi) is 11.1. The van der Waals surface area contributed by atoms with Gasteiger partial charge in [-0.3, -0.25) is 9.59 Å². The third kappa shape index (κ3) is 7.95. The van der Waals surface area contributed by atoms with Crippen molar-refractivity contribution in [2.45, 2.75) is 43.5 Å². The quantitative estimate of drug-likeness (QED) is 0.263. The smallest absolute Gasteiger partial charge is 0.295 e. The fourth-order valence-corrected chi connectivity index (χ4v) is 6.31. The molecule has 1 aliphatic heterocycles. The van der Waals surface area contributed by atoms with E-state index in [1.807, 2.05) is 4.90 Å². The molecule has 1 heterocycles. The molecule has 0 unspecified atom stereocenters. The number of amides is 2. The highest BCUT2D eigenvalue weighted by atomic mass is 35.5. The maximum absolute atomic E-state index is 13.7. The zero-order valence-corrected chi connectivity index (χ0v) is 25.6. The van der Waals surface area contributed by atoms with Crippen molar-refractivity contribution in [3.05, 3.63) is 88.4 Å². The van der Waals surface area contributed by atoms with Gasteiger partial charge in [-0.05, 0) is 86.9 Å². The lowest BCUT2D eigenvalue weighted by molar-refractivity contribution is -0.133. The Morgan fingerprint density at radius 3 is 2.33 bits per heavy atom. The van der Waals surface area contributed by atoms with Crippen LogP contribution in [-0.4, -0.2) is 57.4 Å². The monoisotopic (exact) mass is 632 g/mol. The molecule has 0 aliphatic carbocycles. The number of para-hydroxylation sites is 1. The first kappa shape index (κ1) is 31.6. The van der Waals surface area contributed by atoms with Crippen molar-refractivity contribution in [3.63, 3.8) is 0 Å². The molecule has 12 heteroatoms. The number of carbonyl (C=O) groups is 2. The summed E-state index contributed by atoms with van der Waals surface area (Å²) in [5, 5.41) is 6.51. The van der Waals surface area contributed by atoms with E-state index < -0.39 is 15.9 Å². The highest BCUT2D eigenvalue weighted by molar-refractivity contribution is 7.92. The van der Waals surface area contributed by atoms with Crippen LogP contribution in [0.4, 0.5) is 5.69 Å². The number of anilines is 1. The van der Waals surface area contributed by atoms with Crippen molar-refractivity contribution in [3.8, 4) is 5.75 Å². The van der Waals surface area contributed by atoms with E-state index in [1.165, 1.54) is 42.5 Å². The maximum atomic E-state index is 13.7. The second-order valence-electron chi connectivity index (χ2n) is 9.86. The Labute approximate surface area is 256 Å². The SMILES string of the molecule is CCCCN(C(=O)CNC(=O)c1ccc(S(=O)(=O)N(Oc2ccc(Cl)cc2Cl)c2ccccc2)cc1)C1CCNCC1. The van der Waals surface area contributed by atoms with Crippen molar-refractivity contribution >= 4 is 50.7 Å². The van der Waals surface area contributed by atoms with Crippen molar-refractivity contribution in [1.82, 2.24) is 15.5 Å². The number of hydrogen-bond donors (Lipinski definition) is 2. The third-order valence-corrected chi connectivity index (χ3v) is 9.02. The predicted octanol–water partition coefficient (Wildman–Crippen LogP) is 5.29. The summed E-state index contributed by atoms with van der Waals surface area (Å²) < 4.78 is 28.2. The first-order chi connectivity index (χ1) is 20.2. The zero-order valence-electron chi connectivity index (χ0n) is 23.3. The van der Waals surface area contributed by atoms with Crippen LogP contribution in [0.15, 0.2) is 77.7 Å². The van der Waals surface area contributed by atoms with Gasteiger partial charge in [0.25, 0.3) is 15.9 Å². The highest BCUT2D eigenvalue weighted by Crippen LogP contribution is 2.32. The van der Waals surface area contributed by atoms with E-state index in [0.717, 1.165) is 43.2 Å². The van der Waals surface area contributed by atoms with E-state index >= 15 is 0 Å². The number of carbonyl (C=O) groups excluding carboxylic acids is 2. The van der Waals surface area contributed by atoms with Crippen LogP contribution < -0.4 is 19.9 Å². The molecule has 1 aliphatic rings. The summed E-state index contributed by atoms with van der Waals surface area (Å²) in [6.07, 6.45) is 3.63. The van der Waals surface area contributed by atoms with Crippen LogP contribution in [0.5, 0.6) is 5.75 Å². The molecule has 0 radical (unpaired) electrons. The molecule has 0 spiro atoms. The Balaban J connectivity index is 1.48. The van der Waals surface area contributed by atoms with Gasteiger partial charge in [0.05, 0.1) is 22.2 Å². The van der Waals surface area contributed by atoms with Gasteiger partial charge in [-0.25, -0.2) is 0 Å². The summed E-state index contributed by atoms with van der Waals surface area (Å²) >= 11 is 12.2. The Morgan fingerprint density at radius 1 is 1.00 bits per heavy atom. The van der Waals surface area contributed by atoms with Gasteiger partial charge >= 0.3 is 0 Å². The lowest BCUT2D eigenvalue weighted by Gasteiger charge is -2.35. The largest absolute Gasteiger partial charge is 0.363 e. The molecule has 224 valence electrons. The fraction of sp³-hybridized carbons (Fsp3) is 0.333. The summed E-state index contributed by atoms with van der Waals surface area (Å²) in [5.74, 6) is -0.511. The van der Waals surface area contributed by atoms with E-state index in [4.69, 9.17) is 28.0 Å². The van der Waals surface area contributed by atoms with Gasteiger partial charge in [0.15, 0.2) is 5.75 Å². The highest BCUT2D eigenvalue weighted by Gasteiger charge is 2.29. The number of piperidine rings is 1. The molecule has 0 aromatic heterocycles. The zero-order chi connectivity index (χ0) is 30.1. The van der Waals surface area contributed by atoms with Crippen molar-refractivity contribution < 1.29 is 22.8 Å².